The van der Waals surface area contributed by atoms with E-state index < -0.39 is 6.17 Å². The highest BCUT2D eigenvalue weighted by atomic mass is 19.1. The van der Waals surface area contributed by atoms with Crippen LogP contribution in [0.2, 0.25) is 0 Å². The van der Waals surface area contributed by atoms with Crippen LogP contribution in [0.3, 0.4) is 0 Å². The highest BCUT2D eigenvalue weighted by Crippen LogP contribution is 2.31. The molecule has 0 N–H and O–H groups in total. The summed E-state index contributed by atoms with van der Waals surface area (Å²) in [6.45, 7) is 1.29. The summed E-state index contributed by atoms with van der Waals surface area (Å²) in [6.07, 6.45) is 4.78. The summed E-state index contributed by atoms with van der Waals surface area (Å²) in [6, 6.07) is 2.85. The first kappa shape index (κ1) is 9.92. The maximum atomic E-state index is 12.6. The van der Waals surface area contributed by atoms with Gasteiger partial charge in [-0.15, -0.1) is 0 Å². The fraction of sp³-hybridized carbons (Fsp3) is 0.909. The zero-order valence-electron chi connectivity index (χ0n) is 8.45. The predicted octanol–water partition coefficient (Wildman–Crippen LogP) is 2.11. The van der Waals surface area contributed by atoms with Crippen molar-refractivity contribution in [1.82, 2.24) is 4.90 Å². The summed E-state index contributed by atoms with van der Waals surface area (Å²) in [5.74, 6) is 0.610. The number of halogens is 1. The second-order valence-corrected chi connectivity index (χ2v) is 4.59. The van der Waals surface area contributed by atoms with Crippen molar-refractivity contribution in [2.45, 2.75) is 44.3 Å². The van der Waals surface area contributed by atoms with Gasteiger partial charge in [0.15, 0.2) is 0 Å². The molecule has 0 bridgehead atoms. The Bertz CT molecular complexity index is 222. The second kappa shape index (κ2) is 4.27. The summed E-state index contributed by atoms with van der Waals surface area (Å²) < 4.78 is 12.6. The Morgan fingerprint density at radius 3 is 2.36 bits per heavy atom. The fourth-order valence-corrected chi connectivity index (χ4v) is 2.60. The van der Waals surface area contributed by atoms with Crippen molar-refractivity contribution < 1.29 is 4.39 Å². The molecular weight excluding hydrogens is 179 g/mol. The normalized spacial score (nSPS) is 34.9. The number of rotatable bonds is 2. The van der Waals surface area contributed by atoms with Crippen molar-refractivity contribution in [3.63, 3.8) is 0 Å². The largest absolute Gasteiger partial charge is 0.295 e. The van der Waals surface area contributed by atoms with E-state index in [2.05, 4.69) is 11.0 Å². The molecule has 78 valence electrons. The van der Waals surface area contributed by atoms with Crippen molar-refractivity contribution in [1.29, 1.82) is 5.26 Å². The minimum atomic E-state index is -0.577. The molecule has 1 saturated carbocycles. The van der Waals surface area contributed by atoms with Crippen LogP contribution < -0.4 is 0 Å². The van der Waals surface area contributed by atoms with Gasteiger partial charge in [-0.05, 0) is 31.6 Å². The van der Waals surface area contributed by atoms with Crippen LogP contribution in [0.1, 0.15) is 32.1 Å². The Morgan fingerprint density at radius 2 is 1.86 bits per heavy atom. The molecule has 1 heterocycles. The van der Waals surface area contributed by atoms with Crippen LogP contribution in [-0.2, 0) is 0 Å². The average Bonchev–Trinajstić information content (AvgIpc) is 2.15. The van der Waals surface area contributed by atoms with Crippen molar-refractivity contribution in [3.8, 4) is 6.07 Å². The van der Waals surface area contributed by atoms with Gasteiger partial charge < -0.3 is 0 Å². The van der Waals surface area contributed by atoms with E-state index >= 15 is 0 Å². The number of hydrogen-bond acceptors (Lipinski definition) is 2. The fourth-order valence-electron chi connectivity index (χ4n) is 2.60. The molecule has 1 aliphatic carbocycles. The molecule has 0 unspecified atom stereocenters. The summed E-state index contributed by atoms with van der Waals surface area (Å²) >= 11 is 0. The second-order valence-electron chi connectivity index (χ2n) is 4.59. The third kappa shape index (κ3) is 2.06. The van der Waals surface area contributed by atoms with E-state index in [9.17, 15) is 4.39 Å². The molecule has 3 heteroatoms. The Labute approximate surface area is 84.7 Å². The van der Waals surface area contributed by atoms with Crippen LogP contribution in [0, 0.1) is 17.2 Å². The molecule has 2 nitrogen and oxygen atoms in total. The lowest BCUT2D eigenvalue weighted by atomic mass is 9.83. The molecule has 1 saturated heterocycles. The number of alkyl halides is 1. The predicted molar refractivity (Wildman–Crippen MR) is 52.4 cm³/mol. The van der Waals surface area contributed by atoms with Gasteiger partial charge in [-0.3, -0.25) is 4.90 Å². The van der Waals surface area contributed by atoms with E-state index in [1.165, 1.54) is 12.8 Å². The van der Waals surface area contributed by atoms with Crippen LogP contribution >= 0.6 is 0 Å². The van der Waals surface area contributed by atoms with Gasteiger partial charge in [-0.1, -0.05) is 0 Å². The number of likely N-dealkylation sites (tertiary alicyclic amines) is 1. The van der Waals surface area contributed by atoms with E-state index in [0.29, 0.717) is 31.5 Å². The lowest BCUT2D eigenvalue weighted by Crippen LogP contribution is -2.54. The van der Waals surface area contributed by atoms with Gasteiger partial charge in [0, 0.05) is 25.6 Å². The van der Waals surface area contributed by atoms with Gasteiger partial charge in [-0.2, -0.15) is 5.26 Å². The molecule has 0 aromatic rings. The average molecular weight is 196 g/mol. The van der Waals surface area contributed by atoms with E-state index in [-0.39, 0.29) is 0 Å². The standard InChI is InChI=1S/C11H17FN2/c12-10-7-14(8-10)11-3-1-9(2-4-11)5-6-13/h9-11H,1-5,7-8H2. The van der Waals surface area contributed by atoms with Gasteiger partial charge in [0.1, 0.15) is 6.17 Å². The topological polar surface area (TPSA) is 27.0 Å². The molecule has 2 rings (SSSR count). The number of nitriles is 1. The molecule has 0 radical (unpaired) electrons. The van der Waals surface area contributed by atoms with E-state index in [0.717, 1.165) is 12.8 Å². The highest BCUT2D eigenvalue weighted by molar-refractivity contribution is 4.89. The molecular formula is C11H17FN2. The van der Waals surface area contributed by atoms with Crippen LogP contribution in [0.15, 0.2) is 0 Å². The SMILES string of the molecule is N#CCC1CCC(N2CC(F)C2)CC1. The first-order valence-electron chi connectivity index (χ1n) is 5.54. The summed E-state index contributed by atoms with van der Waals surface area (Å²) in [5.41, 5.74) is 0. The molecule has 2 fully saturated rings. The maximum absolute atomic E-state index is 12.6. The zero-order valence-corrected chi connectivity index (χ0v) is 8.45. The maximum Gasteiger partial charge on any atom is 0.125 e. The molecule has 0 spiro atoms. The first-order chi connectivity index (χ1) is 6.79. The van der Waals surface area contributed by atoms with Crippen LogP contribution in [0.5, 0.6) is 0 Å². The molecule has 14 heavy (non-hydrogen) atoms. The smallest absolute Gasteiger partial charge is 0.125 e. The highest BCUT2D eigenvalue weighted by Gasteiger charge is 2.34. The number of nitrogens with zero attached hydrogens (tertiary/aromatic N) is 2. The third-order valence-electron chi connectivity index (χ3n) is 3.58. The van der Waals surface area contributed by atoms with Crippen LogP contribution in [-0.4, -0.2) is 30.2 Å². The van der Waals surface area contributed by atoms with Gasteiger partial charge in [0.05, 0.1) is 6.07 Å². The minimum Gasteiger partial charge on any atom is -0.295 e. The van der Waals surface area contributed by atoms with Gasteiger partial charge in [0.2, 0.25) is 0 Å². The lowest BCUT2D eigenvalue weighted by molar-refractivity contribution is 0.00860. The van der Waals surface area contributed by atoms with Crippen molar-refractivity contribution in [2.75, 3.05) is 13.1 Å². The first-order valence-corrected chi connectivity index (χ1v) is 5.54. The monoisotopic (exact) mass is 196 g/mol. The molecule has 2 aliphatic rings. The van der Waals surface area contributed by atoms with Crippen LogP contribution in [0.4, 0.5) is 4.39 Å². The van der Waals surface area contributed by atoms with Crippen LogP contribution in [0.25, 0.3) is 0 Å². The number of hydrogen-bond donors (Lipinski definition) is 0. The van der Waals surface area contributed by atoms with Crippen molar-refractivity contribution in [3.05, 3.63) is 0 Å². The van der Waals surface area contributed by atoms with E-state index in [1.807, 2.05) is 0 Å². The summed E-state index contributed by atoms with van der Waals surface area (Å²) in [4.78, 5) is 2.26. The van der Waals surface area contributed by atoms with Gasteiger partial charge in [-0.25, -0.2) is 4.39 Å². The summed E-state index contributed by atoms with van der Waals surface area (Å²) in [7, 11) is 0. The van der Waals surface area contributed by atoms with Gasteiger partial charge >= 0.3 is 0 Å². The lowest BCUT2D eigenvalue weighted by Gasteiger charge is -2.43. The van der Waals surface area contributed by atoms with Crippen molar-refractivity contribution >= 4 is 0 Å². The quantitative estimate of drug-likeness (QED) is 0.676. The molecule has 0 amide bonds. The molecule has 0 aromatic carbocycles. The third-order valence-corrected chi connectivity index (χ3v) is 3.58. The Hall–Kier alpha value is -0.620. The Balaban J connectivity index is 1.71. The van der Waals surface area contributed by atoms with E-state index in [4.69, 9.17) is 5.26 Å². The molecule has 1 aliphatic heterocycles. The molecule has 0 aromatic heterocycles. The Kier molecular flexibility index (Phi) is 3.02. The minimum absolute atomic E-state index is 0.577. The Morgan fingerprint density at radius 1 is 1.21 bits per heavy atom. The molecule has 0 atom stereocenters. The summed E-state index contributed by atoms with van der Waals surface area (Å²) in [5, 5.41) is 8.58. The van der Waals surface area contributed by atoms with E-state index in [1.54, 1.807) is 0 Å². The zero-order chi connectivity index (χ0) is 9.97. The van der Waals surface area contributed by atoms with Crippen molar-refractivity contribution in [2.24, 2.45) is 5.92 Å². The van der Waals surface area contributed by atoms with Gasteiger partial charge in [0.25, 0.3) is 0 Å².